The zero-order chi connectivity index (χ0) is 12.7. The molecule has 0 saturated carbocycles. The van der Waals surface area contributed by atoms with Crippen LogP contribution in [0.1, 0.15) is 0 Å². The van der Waals surface area contributed by atoms with Crippen LogP contribution < -0.4 is 0 Å². The molecule has 1 aliphatic heterocycles. The van der Waals surface area contributed by atoms with Crippen LogP contribution in [0.4, 0.5) is 13.2 Å². The molecular formula is C5H4F3N3O5. The third kappa shape index (κ3) is 1.63. The summed E-state index contributed by atoms with van der Waals surface area (Å²) >= 11 is 0. The zero-order valence-corrected chi connectivity index (χ0v) is 7.43. The predicted octanol–water partition coefficient (Wildman–Crippen LogP) is -0.359. The van der Waals surface area contributed by atoms with Crippen molar-refractivity contribution in [3.8, 4) is 0 Å². The fraction of sp³-hybridized carbons (Fsp3) is 0.800. The van der Waals surface area contributed by atoms with E-state index in [2.05, 4.69) is 0 Å². The number of nitrogens with zero attached hydrogens (tertiary/aromatic N) is 3. The van der Waals surface area contributed by atoms with Crippen LogP contribution in [-0.4, -0.2) is 45.6 Å². The van der Waals surface area contributed by atoms with E-state index in [1.807, 2.05) is 0 Å². The molecule has 11 heteroatoms. The Morgan fingerprint density at radius 3 is 1.81 bits per heavy atom. The van der Waals surface area contributed by atoms with Crippen LogP contribution in [0.3, 0.4) is 0 Å². The Labute approximate surface area is 84.9 Å². The van der Waals surface area contributed by atoms with Crippen molar-refractivity contribution >= 4 is 5.91 Å². The van der Waals surface area contributed by atoms with Gasteiger partial charge in [-0.15, -0.1) is 0 Å². The van der Waals surface area contributed by atoms with Gasteiger partial charge in [-0.05, 0) is 0 Å². The summed E-state index contributed by atoms with van der Waals surface area (Å²) in [5.74, 6) is -2.31. The van der Waals surface area contributed by atoms with E-state index in [-0.39, 0.29) is 4.90 Å². The number of amides is 1. The van der Waals surface area contributed by atoms with Crippen molar-refractivity contribution < 1.29 is 27.8 Å². The van der Waals surface area contributed by atoms with E-state index >= 15 is 0 Å². The van der Waals surface area contributed by atoms with Gasteiger partial charge >= 0.3 is 17.7 Å². The second kappa shape index (κ2) is 3.28. The van der Waals surface area contributed by atoms with Gasteiger partial charge < -0.3 is 4.90 Å². The summed E-state index contributed by atoms with van der Waals surface area (Å²) in [6.45, 7) is -2.35. The first-order chi connectivity index (χ1) is 7.11. The van der Waals surface area contributed by atoms with Gasteiger partial charge in [0.15, 0.2) is 13.1 Å². The quantitative estimate of drug-likeness (QED) is 0.374. The Morgan fingerprint density at radius 1 is 1.19 bits per heavy atom. The Balaban J connectivity index is 2.77. The molecule has 0 unspecified atom stereocenters. The highest BCUT2D eigenvalue weighted by Gasteiger charge is 2.69. The van der Waals surface area contributed by atoms with Gasteiger partial charge in [0.05, 0.1) is 0 Å². The van der Waals surface area contributed by atoms with E-state index in [9.17, 15) is 38.2 Å². The summed E-state index contributed by atoms with van der Waals surface area (Å²) in [6.07, 6.45) is -5.18. The Bertz CT molecular complexity index is 345. The fourth-order valence-corrected chi connectivity index (χ4v) is 1.19. The van der Waals surface area contributed by atoms with E-state index in [1.54, 1.807) is 0 Å². The fourth-order valence-electron chi connectivity index (χ4n) is 1.19. The second-order valence-electron chi connectivity index (χ2n) is 3.16. The number of rotatable bonds is 2. The summed E-state index contributed by atoms with van der Waals surface area (Å²) in [5, 5.41) is 20.6. The molecule has 0 aromatic rings. The molecule has 1 fully saturated rings. The maximum absolute atomic E-state index is 11.8. The standard InChI is InChI=1S/C5H4F3N3O5/c6-5(7,8)3(12)9-1-4(2-9,10(13)14)11(15)16/h1-2H2. The first-order valence-corrected chi connectivity index (χ1v) is 3.76. The van der Waals surface area contributed by atoms with Gasteiger partial charge in [0.1, 0.15) is 9.85 Å². The van der Waals surface area contributed by atoms with Gasteiger partial charge in [-0.1, -0.05) is 0 Å². The highest BCUT2D eigenvalue weighted by molar-refractivity contribution is 5.82. The highest BCUT2D eigenvalue weighted by atomic mass is 19.4. The Morgan fingerprint density at radius 2 is 1.56 bits per heavy atom. The monoisotopic (exact) mass is 243 g/mol. The zero-order valence-electron chi connectivity index (χ0n) is 7.43. The lowest BCUT2D eigenvalue weighted by Crippen LogP contribution is -2.72. The largest absolute Gasteiger partial charge is 0.492 e. The number of hydrogen-bond acceptors (Lipinski definition) is 5. The summed E-state index contributed by atoms with van der Waals surface area (Å²) in [7, 11) is 0. The second-order valence-corrected chi connectivity index (χ2v) is 3.16. The summed E-state index contributed by atoms with van der Waals surface area (Å²) < 4.78 is 35.5. The SMILES string of the molecule is O=C(N1CC([N+](=O)[O-])([N+](=O)[O-])C1)C(F)(F)F. The first-order valence-electron chi connectivity index (χ1n) is 3.76. The molecule has 1 rings (SSSR count). The Hall–Kier alpha value is -1.94. The lowest BCUT2D eigenvalue weighted by atomic mass is 10.0. The van der Waals surface area contributed by atoms with Gasteiger partial charge in [-0.25, -0.2) is 0 Å². The van der Waals surface area contributed by atoms with Gasteiger partial charge in [0.2, 0.25) is 0 Å². The van der Waals surface area contributed by atoms with Crippen molar-refractivity contribution in [2.45, 2.75) is 11.8 Å². The van der Waals surface area contributed by atoms with Crippen LogP contribution in [0.2, 0.25) is 0 Å². The van der Waals surface area contributed by atoms with E-state index in [1.165, 1.54) is 0 Å². The van der Waals surface area contributed by atoms with Crippen molar-refractivity contribution in [1.82, 2.24) is 4.90 Å². The average Bonchev–Trinajstić information content (AvgIpc) is 1.98. The van der Waals surface area contributed by atoms with Crippen LogP contribution in [0.25, 0.3) is 0 Å². The molecule has 0 bridgehead atoms. The van der Waals surface area contributed by atoms with Crippen LogP contribution in [0.15, 0.2) is 0 Å². The minimum Gasteiger partial charge on any atom is -0.306 e. The molecule has 16 heavy (non-hydrogen) atoms. The molecule has 0 aliphatic carbocycles. The number of carbonyl (C=O) groups excluding carboxylic acids is 1. The first kappa shape index (κ1) is 12.1. The average molecular weight is 243 g/mol. The molecule has 0 radical (unpaired) electrons. The predicted molar refractivity (Wildman–Crippen MR) is 39.4 cm³/mol. The maximum Gasteiger partial charge on any atom is 0.492 e. The van der Waals surface area contributed by atoms with Crippen LogP contribution >= 0.6 is 0 Å². The molecule has 0 aromatic carbocycles. The molecule has 1 amide bonds. The number of hydrogen-bond donors (Lipinski definition) is 0. The molecule has 1 saturated heterocycles. The van der Waals surface area contributed by atoms with E-state index in [4.69, 9.17) is 0 Å². The minimum atomic E-state index is -5.18. The molecule has 0 N–H and O–H groups in total. The lowest BCUT2D eigenvalue weighted by molar-refractivity contribution is -0.809. The van der Waals surface area contributed by atoms with Crippen molar-refractivity contribution in [3.63, 3.8) is 0 Å². The summed E-state index contributed by atoms with van der Waals surface area (Å²) in [4.78, 5) is 28.6. The number of carbonyl (C=O) groups is 1. The summed E-state index contributed by atoms with van der Waals surface area (Å²) in [6, 6.07) is 0. The number of likely N-dealkylation sites (tertiary alicyclic amines) is 1. The van der Waals surface area contributed by atoms with Gasteiger partial charge in [-0.3, -0.25) is 25.0 Å². The van der Waals surface area contributed by atoms with E-state index < -0.39 is 40.7 Å². The molecule has 1 heterocycles. The third-order valence-corrected chi connectivity index (χ3v) is 2.10. The van der Waals surface area contributed by atoms with Gasteiger partial charge in [0, 0.05) is 0 Å². The summed E-state index contributed by atoms with van der Waals surface area (Å²) in [5.41, 5.74) is -2.71. The van der Waals surface area contributed by atoms with Crippen LogP contribution in [0.5, 0.6) is 0 Å². The van der Waals surface area contributed by atoms with Gasteiger partial charge in [0.25, 0.3) is 0 Å². The third-order valence-electron chi connectivity index (χ3n) is 2.10. The molecule has 8 nitrogen and oxygen atoms in total. The molecular weight excluding hydrogens is 239 g/mol. The normalized spacial score (nSPS) is 18.8. The van der Waals surface area contributed by atoms with Crippen LogP contribution in [0, 0.1) is 20.2 Å². The minimum absolute atomic E-state index is 0.0194. The Kier molecular flexibility index (Phi) is 2.49. The highest BCUT2D eigenvalue weighted by Crippen LogP contribution is 2.29. The number of nitro groups is 2. The van der Waals surface area contributed by atoms with Crippen molar-refractivity contribution in [3.05, 3.63) is 20.2 Å². The number of halogens is 3. The van der Waals surface area contributed by atoms with Crippen molar-refractivity contribution in [2.75, 3.05) is 13.1 Å². The van der Waals surface area contributed by atoms with E-state index in [0.717, 1.165) is 0 Å². The molecule has 0 aromatic heterocycles. The lowest BCUT2D eigenvalue weighted by Gasteiger charge is -2.36. The van der Waals surface area contributed by atoms with Crippen molar-refractivity contribution in [1.29, 1.82) is 0 Å². The molecule has 0 spiro atoms. The topological polar surface area (TPSA) is 107 Å². The van der Waals surface area contributed by atoms with Crippen molar-refractivity contribution in [2.24, 2.45) is 0 Å². The molecule has 1 aliphatic rings. The maximum atomic E-state index is 11.8. The number of alkyl halides is 3. The van der Waals surface area contributed by atoms with Gasteiger partial charge in [-0.2, -0.15) is 13.2 Å². The molecule has 0 atom stereocenters. The molecule has 90 valence electrons. The van der Waals surface area contributed by atoms with Crippen LogP contribution in [-0.2, 0) is 4.79 Å². The van der Waals surface area contributed by atoms with E-state index in [0.29, 0.717) is 0 Å². The smallest absolute Gasteiger partial charge is 0.306 e.